The highest BCUT2D eigenvalue weighted by molar-refractivity contribution is 7.80. The number of benzene rings is 2. The highest BCUT2D eigenvalue weighted by atomic mass is 32.1. The Hall–Kier alpha value is -3.01. The van der Waals surface area contributed by atoms with Crippen LogP contribution in [-0.2, 0) is 6.54 Å². The van der Waals surface area contributed by atoms with E-state index in [4.69, 9.17) is 12.6 Å². The second-order valence-corrected chi connectivity index (χ2v) is 10.3. The fraction of sp³-hybridized carbons (Fsp3) is 0.357. The van der Waals surface area contributed by atoms with E-state index in [1.807, 2.05) is 49.4 Å². The number of anilines is 1. The number of aliphatic hydroxyl groups is 1. The fourth-order valence-electron chi connectivity index (χ4n) is 4.96. The monoisotopic (exact) mass is 514 g/mol. The van der Waals surface area contributed by atoms with Crippen LogP contribution >= 0.6 is 12.6 Å². The Balaban J connectivity index is 1.29. The number of carbonyl (C=O) groups excluding carboxylic acids is 1. The SMILES string of the molecule is [B]COc1cc(NC(=O)c2cn(-c3ccc(S)cc3)nc2C)ccc1CN1CCC=C(C2(O)CCC2)C1. The zero-order valence-corrected chi connectivity index (χ0v) is 21.9. The minimum Gasteiger partial charge on any atom is -0.503 e. The molecule has 2 aromatic carbocycles. The van der Waals surface area contributed by atoms with Gasteiger partial charge in [-0.05, 0) is 68.5 Å². The lowest BCUT2D eigenvalue weighted by Crippen LogP contribution is -2.45. The summed E-state index contributed by atoms with van der Waals surface area (Å²) in [5.74, 6) is 0.388. The number of nitrogens with one attached hydrogen (secondary N) is 1. The zero-order chi connectivity index (χ0) is 26.0. The van der Waals surface area contributed by atoms with Crippen molar-refractivity contribution in [2.45, 2.75) is 49.6 Å². The number of nitrogens with zero attached hydrogens (tertiary/aromatic N) is 3. The number of rotatable bonds is 8. The predicted molar refractivity (Wildman–Crippen MR) is 148 cm³/mol. The van der Waals surface area contributed by atoms with Crippen molar-refractivity contribution in [2.75, 3.05) is 24.9 Å². The number of hydrogen-bond donors (Lipinski definition) is 3. The van der Waals surface area contributed by atoms with Gasteiger partial charge in [-0.1, -0.05) is 12.1 Å². The molecule has 1 saturated carbocycles. The van der Waals surface area contributed by atoms with Gasteiger partial charge in [-0.15, -0.1) is 12.6 Å². The summed E-state index contributed by atoms with van der Waals surface area (Å²) in [6, 6.07) is 13.2. The summed E-state index contributed by atoms with van der Waals surface area (Å²) in [4.78, 5) is 16.3. The molecule has 2 N–H and O–H groups in total. The van der Waals surface area contributed by atoms with E-state index >= 15 is 0 Å². The topological polar surface area (TPSA) is 79.6 Å². The Morgan fingerprint density at radius 2 is 2.03 bits per heavy atom. The van der Waals surface area contributed by atoms with Crippen molar-refractivity contribution in [3.05, 3.63) is 77.1 Å². The summed E-state index contributed by atoms with van der Waals surface area (Å²) in [6.07, 6.45) is 7.63. The Labute approximate surface area is 224 Å². The Morgan fingerprint density at radius 3 is 2.73 bits per heavy atom. The Bertz CT molecular complexity index is 1320. The molecule has 5 rings (SSSR count). The quantitative estimate of drug-likeness (QED) is 0.238. The van der Waals surface area contributed by atoms with Gasteiger partial charge in [0, 0.05) is 54.6 Å². The maximum Gasteiger partial charge on any atom is 0.259 e. The van der Waals surface area contributed by atoms with Crippen molar-refractivity contribution in [1.29, 1.82) is 0 Å². The van der Waals surface area contributed by atoms with Crippen molar-refractivity contribution in [2.24, 2.45) is 0 Å². The molecule has 1 aliphatic heterocycles. The van der Waals surface area contributed by atoms with Gasteiger partial charge in [-0.3, -0.25) is 9.69 Å². The smallest absolute Gasteiger partial charge is 0.259 e. The molecule has 1 aromatic heterocycles. The fourth-order valence-corrected chi connectivity index (χ4v) is 5.11. The lowest BCUT2D eigenvalue weighted by atomic mass is 9.73. The molecular formula is C28H31BN4O3S. The standard InChI is InChI=1S/C28H31BN4O3S/c1-19-25(17-33(31-19)23-7-9-24(37)10-8-23)27(34)30-22-6-5-20(26(14-22)36-18-29)15-32-13-2-4-21(16-32)28(35)11-3-12-28/h4-10,14,17,35,37H,2-3,11-13,15-16,18H2,1H3,(H,30,34). The van der Waals surface area contributed by atoms with E-state index in [1.54, 1.807) is 10.9 Å². The molecule has 190 valence electrons. The second kappa shape index (κ2) is 10.8. The minimum atomic E-state index is -0.620. The van der Waals surface area contributed by atoms with Gasteiger partial charge in [0.25, 0.3) is 5.91 Å². The van der Waals surface area contributed by atoms with Crippen molar-refractivity contribution in [3.8, 4) is 11.4 Å². The van der Waals surface area contributed by atoms with Crippen molar-refractivity contribution >= 4 is 32.1 Å². The average Bonchev–Trinajstić information content (AvgIpc) is 3.26. The van der Waals surface area contributed by atoms with Gasteiger partial charge in [0.15, 0.2) is 0 Å². The molecule has 3 aromatic rings. The summed E-state index contributed by atoms with van der Waals surface area (Å²) < 4.78 is 7.43. The van der Waals surface area contributed by atoms with Crippen molar-refractivity contribution in [3.63, 3.8) is 0 Å². The number of hydrogen-bond acceptors (Lipinski definition) is 6. The first-order valence-corrected chi connectivity index (χ1v) is 13.1. The average molecular weight is 514 g/mol. The number of aryl methyl sites for hydroxylation is 1. The summed E-state index contributed by atoms with van der Waals surface area (Å²) in [5.41, 5.74) is 4.08. The third kappa shape index (κ3) is 5.64. The minimum absolute atomic E-state index is 0.0340. The summed E-state index contributed by atoms with van der Waals surface area (Å²) >= 11 is 4.32. The highest BCUT2D eigenvalue weighted by Crippen LogP contribution is 2.40. The molecule has 7 nitrogen and oxygen atoms in total. The van der Waals surface area contributed by atoms with Crippen LogP contribution in [-0.4, -0.2) is 58.7 Å². The number of ether oxygens (including phenoxy) is 1. The third-order valence-electron chi connectivity index (χ3n) is 7.22. The number of carbonyl (C=O) groups is 1. The molecule has 1 aliphatic carbocycles. The van der Waals surface area contributed by atoms with E-state index in [0.717, 1.165) is 60.5 Å². The van der Waals surface area contributed by atoms with Gasteiger partial charge in [0.05, 0.1) is 22.5 Å². The molecule has 37 heavy (non-hydrogen) atoms. The molecule has 1 fully saturated rings. The molecular weight excluding hydrogens is 483 g/mol. The molecule has 2 radical (unpaired) electrons. The van der Waals surface area contributed by atoms with Gasteiger partial charge in [-0.2, -0.15) is 5.10 Å². The molecule has 9 heteroatoms. The van der Waals surface area contributed by atoms with E-state index in [0.29, 0.717) is 29.2 Å². The lowest BCUT2D eigenvalue weighted by molar-refractivity contribution is -0.00592. The molecule has 2 aliphatic rings. The predicted octanol–water partition coefficient (Wildman–Crippen LogP) is 4.27. The molecule has 0 unspecified atom stereocenters. The van der Waals surface area contributed by atoms with E-state index in [9.17, 15) is 9.90 Å². The second-order valence-electron chi connectivity index (χ2n) is 9.79. The first-order valence-electron chi connectivity index (χ1n) is 12.6. The number of thiol groups is 1. The van der Waals surface area contributed by atoms with Gasteiger partial charge >= 0.3 is 0 Å². The Morgan fingerprint density at radius 1 is 1.24 bits per heavy atom. The highest BCUT2D eigenvalue weighted by Gasteiger charge is 2.39. The van der Waals surface area contributed by atoms with Crippen LogP contribution in [0.1, 0.15) is 47.3 Å². The molecule has 0 atom stereocenters. The molecule has 2 heterocycles. The number of amides is 1. The van der Waals surface area contributed by atoms with Gasteiger partial charge < -0.3 is 15.2 Å². The van der Waals surface area contributed by atoms with Crippen LogP contribution in [0.25, 0.3) is 5.69 Å². The molecule has 1 amide bonds. The van der Waals surface area contributed by atoms with Gasteiger partial charge in [0.2, 0.25) is 0 Å². The first-order chi connectivity index (χ1) is 17.8. The van der Waals surface area contributed by atoms with E-state index in [2.05, 4.69) is 34.0 Å². The summed E-state index contributed by atoms with van der Waals surface area (Å²) in [7, 11) is 5.72. The van der Waals surface area contributed by atoms with E-state index < -0.39 is 5.60 Å². The molecule has 0 spiro atoms. The number of aromatic nitrogens is 2. The lowest BCUT2D eigenvalue weighted by Gasteiger charge is -2.42. The van der Waals surface area contributed by atoms with Crippen LogP contribution in [0.3, 0.4) is 0 Å². The van der Waals surface area contributed by atoms with Crippen LogP contribution in [0.15, 0.2) is 65.2 Å². The van der Waals surface area contributed by atoms with Crippen LogP contribution in [0.4, 0.5) is 5.69 Å². The van der Waals surface area contributed by atoms with Crippen molar-refractivity contribution in [1.82, 2.24) is 14.7 Å². The summed E-state index contributed by atoms with van der Waals surface area (Å²) in [6.45, 7) is 4.18. The maximum absolute atomic E-state index is 13.1. The van der Waals surface area contributed by atoms with E-state index in [1.165, 1.54) is 0 Å². The Kier molecular flexibility index (Phi) is 7.46. The maximum atomic E-state index is 13.1. The van der Waals surface area contributed by atoms with Gasteiger partial charge in [0.1, 0.15) is 13.6 Å². The molecule has 0 bridgehead atoms. The van der Waals surface area contributed by atoms with Crippen LogP contribution < -0.4 is 10.1 Å². The first kappa shape index (κ1) is 25.6. The largest absolute Gasteiger partial charge is 0.503 e. The zero-order valence-electron chi connectivity index (χ0n) is 21.0. The van der Waals surface area contributed by atoms with Crippen molar-refractivity contribution < 1.29 is 14.6 Å². The van der Waals surface area contributed by atoms with Crippen LogP contribution in [0, 0.1) is 6.92 Å². The van der Waals surface area contributed by atoms with Gasteiger partial charge in [-0.25, -0.2) is 4.68 Å². The third-order valence-corrected chi connectivity index (χ3v) is 7.52. The normalized spacial score (nSPS) is 17.1. The summed E-state index contributed by atoms with van der Waals surface area (Å²) in [5, 5.41) is 18.2. The van der Waals surface area contributed by atoms with Crippen LogP contribution in [0.2, 0.25) is 0 Å². The molecule has 0 saturated heterocycles. The van der Waals surface area contributed by atoms with E-state index in [-0.39, 0.29) is 12.4 Å². The van der Waals surface area contributed by atoms with Crippen LogP contribution in [0.5, 0.6) is 5.75 Å².